The summed E-state index contributed by atoms with van der Waals surface area (Å²) in [4.78, 5) is 11.9. The molecule has 0 saturated heterocycles. The second-order valence-electron chi connectivity index (χ2n) is 4.52. The average molecular weight is 289 g/mol. The number of carbonyl (C=O) groups is 1. The van der Waals surface area contributed by atoms with Crippen molar-refractivity contribution in [3.8, 4) is 0 Å². The molecule has 1 amide bonds. The summed E-state index contributed by atoms with van der Waals surface area (Å²) in [6.45, 7) is 5.47. The Labute approximate surface area is 118 Å². The van der Waals surface area contributed by atoms with Gasteiger partial charge < -0.3 is 11.1 Å². The number of rotatable bonds is 4. The minimum Gasteiger partial charge on any atom is -0.349 e. The van der Waals surface area contributed by atoms with Gasteiger partial charge in [-0.1, -0.05) is 42.3 Å². The van der Waals surface area contributed by atoms with Crippen LogP contribution in [-0.2, 0) is 4.79 Å². The molecule has 0 saturated carbocycles. The highest BCUT2D eigenvalue weighted by molar-refractivity contribution is 6.42. The van der Waals surface area contributed by atoms with E-state index in [1.165, 1.54) is 0 Å². The smallest absolute Gasteiger partial charge is 0.224 e. The molecule has 0 heterocycles. The molecular weight excluding hydrogens is 271 g/mol. The Morgan fingerprint density at radius 3 is 2.44 bits per heavy atom. The predicted molar refractivity (Wildman–Crippen MR) is 75.8 cm³/mol. The zero-order chi connectivity index (χ0) is 13.9. The van der Waals surface area contributed by atoms with Crippen LogP contribution in [0.25, 0.3) is 0 Å². The van der Waals surface area contributed by atoms with Gasteiger partial charge in [0, 0.05) is 12.0 Å². The molecule has 1 aromatic rings. The van der Waals surface area contributed by atoms with Gasteiger partial charge >= 0.3 is 0 Å². The van der Waals surface area contributed by atoms with E-state index in [9.17, 15) is 4.79 Å². The third kappa shape index (κ3) is 3.61. The van der Waals surface area contributed by atoms with Crippen LogP contribution in [0.2, 0.25) is 10.0 Å². The molecule has 1 rings (SSSR count). The fourth-order valence-corrected chi connectivity index (χ4v) is 1.99. The van der Waals surface area contributed by atoms with Crippen LogP contribution in [-0.4, -0.2) is 11.9 Å². The SMILES string of the molecule is CC(NC(=O)C(C)C(C)N)c1cccc(Cl)c1Cl. The van der Waals surface area contributed by atoms with Crippen LogP contribution < -0.4 is 11.1 Å². The summed E-state index contributed by atoms with van der Waals surface area (Å²) in [5.41, 5.74) is 6.50. The minimum absolute atomic E-state index is 0.0893. The predicted octanol–water partition coefficient (Wildman–Crippen LogP) is 3.15. The fraction of sp³-hybridized carbons (Fsp3) is 0.462. The van der Waals surface area contributed by atoms with E-state index in [2.05, 4.69) is 5.32 Å². The number of hydrogen-bond acceptors (Lipinski definition) is 2. The van der Waals surface area contributed by atoms with E-state index in [-0.39, 0.29) is 23.9 Å². The maximum Gasteiger partial charge on any atom is 0.224 e. The van der Waals surface area contributed by atoms with Crippen LogP contribution in [0.1, 0.15) is 32.4 Å². The van der Waals surface area contributed by atoms with E-state index >= 15 is 0 Å². The Morgan fingerprint density at radius 1 is 1.28 bits per heavy atom. The molecule has 0 aliphatic rings. The molecule has 3 N–H and O–H groups in total. The normalized spacial score (nSPS) is 15.9. The highest BCUT2D eigenvalue weighted by atomic mass is 35.5. The third-order valence-electron chi connectivity index (χ3n) is 3.01. The molecule has 0 radical (unpaired) electrons. The summed E-state index contributed by atoms with van der Waals surface area (Å²) in [7, 11) is 0. The molecule has 3 nitrogen and oxygen atoms in total. The monoisotopic (exact) mass is 288 g/mol. The van der Waals surface area contributed by atoms with E-state index < -0.39 is 0 Å². The summed E-state index contributed by atoms with van der Waals surface area (Å²) in [5.74, 6) is -0.334. The van der Waals surface area contributed by atoms with E-state index in [1.54, 1.807) is 26.0 Å². The molecule has 1 aromatic carbocycles. The van der Waals surface area contributed by atoms with Gasteiger partial charge in [-0.3, -0.25) is 4.79 Å². The molecule has 3 atom stereocenters. The summed E-state index contributed by atoms with van der Waals surface area (Å²) in [5, 5.41) is 3.84. The van der Waals surface area contributed by atoms with Gasteiger partial charge in [0.1, 0.15) is 0 Å². The number of hydrogen-bond donors (Lipinski definition) is 2. The Hall–Kier alpha value is -0.770. The zero-order valence-electron chi connectivity index (χ0n) is 10.7. The van der Waals surface area contributed by atoms with Crippen molar-refractivity contribution < 1.29 is 4.79 Å². The van der Waals surface area contributed by atoms with Gasteiger partial charge in [-0.15, -0.1) is 0 Å². The van der Waals surface area contributed by atoms with E-state index in [0.29, 0.717) is 10.0 Å². The van der Waals surface area contributed by atoms with Crippen LogP contribution >= 0.6 is 23.2 Å². The van der Waals surface area contributed by atoms with Crippen molar-refractivity contribution in [2.75, 3.05) is 0 Å². The molecule has 0 bridgehead atoms. The topological polar surface area (TPSA) is 55.1 Å². The first-order chi connectivity index (χ1) is 8.34. The molecule has 0 aliphatic carbocycles. The second kappa shape index (κ2) is 6.41. The third-order valence-corrected chi connectivity index (χ3v) is 3.84. The van der Waals surface area contributed by atoms with Crippen LogP contribution in [0.15, 0.2) is 18.2 Å². The number of nitrogens with two attached hydrogens (primary N) is 1. The fourth-order valence-electron chi connectivity index (χ4n) is 1.52. The van der Waals surface area contributed by atoms with Gasteiger partial charge in [-0.25, -0.2) is 0 Å². The van der Waals surface area contributed by atoms with Crippen molar-refractivity contribution in [1.29, 1.82) is 0 Å². The highest BCUT2D eigenvalue weighted by Crippen LogP contribution is 2.29. The average Bonchev–Trinajstić information content (AvgIpc) is 2.31. The summed E-state index contributed by atoms with van der Waals surface area (Å²) in [6, 6.07) is 4.97. The summed E-state index contributed by atoms with van der Waals surface area (Å²) < 4.78 is 0. The number of amides is 1. The second-order valence-corrected chi connectivity index (χ2v) is 5.31. The quantitative estimate of drug-likeness (QED) is 0.894. The van der Waals surface area contributed by atoms with E-state index in [0.717, 1.165) is 5.56 Å². The van der Waals surface area contributed by atoms with Crippen molar-refractivity contribution in [1.82, 2.24) is 5.32 Å². The van der Waals surface area contributed by atoms with Crippen molar-refractivity contribution in [2.24, 2.45) is 11.7 Å². The van der Waals surface area contributed by atoms with Crippen molar-refractivity contribution in [2.45, 2.75) is 32.9 Å². The maximum absolute atomic E-state index is 11.9. The lowest BCUT2D eigenvalue weighted by Crippen LogP contribution is -2.39. The van der Waals surface area contributed by atoms with E-state index in [1.807, 2.05) is 13.0 Å². The molecule has 18 heavy (non-hydrogen) atoms. The van der Waals surface area contributed by atoms with Gasteiger partial charge in [0.2, 0.25) is 5.91 Å². The largest absolute Gasteiger partial charge is 0.349 e. The van der Waals surface area contributed by atoms with Gasteiger partial charge in [0.25, 0.3) is 0 Å². The summed E-state index contributed by atoms with van der Waals surface area (Å²) in [6.07, 6.45) is 0. The van der Waals surface area contributed by atoms with Crippen LogP contribution in [0, 0.1) is 5.92 Å². The molecule has 5 heteroatoms. The standard InChI is InChI=1S/C13H18Cl2N2O/c1-7(8(2)16)13(18)17-9(3)10-5-4-6-11(14)12(10)15/h4-9H,16H2,1-3H3,(H,17,18). The van der Waals surface area contributed by atoms with Crippen LogP contribution in [0.5, 0.6) is 0 Å². The number of benzene rings is 1. The summed E-state index contributed by atoms with van der Waals surface area (Å²) >= 11 is 12.0. The molecule has 100 valence electrons. The first-order valence-corrected chi connectivity index (χ1v) is 6.60. The number of nitrogens with one attached hydrogen (secondary N) is 1. The van der Waals surface area contributed by atoms with E-state index in [4.69, 9.17) is 28.9 Å². The number of halogens is 2. The minimum atomic E-state index is -0.245. The number of carbonyl (C=O) groups excluding carboxylic acids is 1. The van der Waals surface area contributed by atoms with Gasteiger partial charge in [0.15, 0.2) is 0 Å². The Bertz CT molecular complexity index is 435. The Morgan fingerprint density at radius 2 is 1.89 bits per heavy atom. The van der Waals surface area contributed by atoms with Crippen molar-refractivity contribution >= 4 is 29.1 Å². The lowest BCUT2D eigenvalue weighted by molar-refractivity contribution is -0.125. The molecular formula is C13H18Cl2N2O. The molecule has 3 unspecified atom stereocenters. The van der Waals surface area contributed by atoms with Gasteiger partial charge in [-0.2, -0.15) is 0 Å². The zero-order valence-corrected chi connectivity index (χ0v) is 12.2. The molecule has 0 spiro atoms. The van der Waals surface area contributed by atoms with Gasteiger partial charge in [-0.05, 0) is 25.5 Å². The van der Waals surface area contributed by atoms with Gasteiger partial charge in [0.05, 0.1) is 16.1 Å². The first-order valence-electron chi connectivity index (χ1n) is 5.84. The highest BCUT2D eigenvalue weighted by Gasteiger charge is 2.20. The van der Waals surface area contributed by atoms with Crippen molar-refractivity contribution in [3.05, 3.63) is 33.8 Å². The maximum atomic E-state index is 11.9. The molecule has 0 fully saturated rings. The molecule has 0 aliphatic heterocycles. The lowest BCUT2D eigenvalue weighted by Gasteiger charge is -2.21. The molecule has 0 aromatic heterocycles. The van der Waals surface area contributed by atoms with Crippen molar-refractivity contribution in [3.63, 3.8) is 0 Å². The first kappa shape index (κ1) is 15.3. The van der Waals surface area contributed by atoms with Crippen LogP contribution in [0.3, 0.4) is 0 Å². The Kier molecular flexibility index (Phi) is 5.45. The lowest BCUT2D eigenvalue weighted by atomic mass is 10.0. The van der Waals surface area contributed by atoms with Crippen LogP contribution in [0.4, 0.5) is 0 Å². The Balaban J connectivity index is 2.80.